The van der Waals surface area contributed by atoms with E-state index in [2.05, 4.69) is 101 Å². The Balaban J connectivity index is 1.80. The molecule has 6 rings (SSSR count). The zero-order valence-electron chi connectivity index (χ0n) is 27.2. The van der Waals surface area contributed by atoms with Gasteiger partial charge in [-0.25, -0.2) is 9.37 Å². The van der Waals surface area contributed by atoms with Crippen LogP contribution in [0.3, 0.4) is 0 Å². The van der Waals surface area contributed by atoms with Gasteiger partial charge >= 0.3 is 5.97 Å². The number of anilines is 1. The van der Waals surface area contributed by atoms with E-state index < -0.39 is 5.97 Å². The van der Waals surface area contributed by atoms with E-state index in [-0.39, 0.29) is 22.4 Å². The molecule has 0 saturated heterocycles. The lowest BCUT2D eigenvalue weighted by atomic mass is 9.83. The molecule has 6 nitrogen and oxygen atoms in total. The van der Waals surface area contributed by atoms with Crippen molar-refractivity contribution in [1.82, 2.24) is 4.58 Å². The number of carboxylic acids is 1. The molecular weight excluding hydrogens is 548 g/mol. The Kier molecular flexibility index (Phi) is 6.76. The summed E-state index contributed by atoms with van der Waals surface area (Å²) in [5, 5.41) is 12.3. The number of carbonyl (C=O) groups is 2. The van der Waals surface area contributed by atoms with Gasteiger partial charge in [0, 0.05) is 65.2 Å². The number of rotatable bonds is 5. The number of Topliss-reactive ketones (excluding diaryl/α,β-unsaturated/α-hetero) is 1. The van der Waals surface area contributed by atoms with Gasteiger partial charge in [0.25, 0.3) is 0 Å². The molecule has 3 heterocycles. The summed E-state index contributed by atoms with van der Waals surface area (Å²) in [5.74, 6) is 0.180. The number of aromatic carboxylic acids is 1. The summed E-state index contributed by atoms with van der Waals surface area (Å²) in [6.07, 6.45) is 4.57. The highest BCUT2D eigenvalue weighted by Gasteiger charge is 2.36. The van der Waals surface area contributed by atoms with Crippen LogP contribution < -0.4 is 24.8 Å². The first-order chi connectivity index (χ1) is 20.7. The fourth-order valence-electron chi connectivity index (χ4n) is 7.63. The average molecular weight is 590 g/mol. The molecule has 0 atom stereocenters. The van der Waals surface area contributed by atoms with Crippen LogP contribution in [0, 0.1) is 0 Å². The molecule has 0 aliphatic carbocycles. The molecule has 3 aliphatic rings. The maximum atomic E-state index is 12.7. The van der Waals surface area contributed by atoms with Gasteiger partial charge in [-0.3, -0.25) is 4.79 Å². The molecule has 0 unspecified atom stereocenters. The lowest BCUT2D eigenvalue weighted by molar-refractivity contribution is 0.0696. The molecule has 3 aromatic rings. The second-order valence-electron chi connectivity index (χ2n) is 13.3. The first kappa shape index (κ1) is 29.6. The predicted molar refractivity (Wildman–Crippen MR) is 177 cm³/mol. The minimum Gasteiger partial charge on any atom is -0.478 e. The molecule has 44 heavy (non-hydrogen) atoms. The van der Waals surface area contributed by atoms with E-state index in [0.717, 1.165) is 62.8 Å². The molecular formula is C38H41N2O4+. The lowest BCUT2D eigenvalue weighted by Gasteiger charge is -2.43. The van der Waals surface area contributed by atoms with Gasteiger partial charge in [0.15, 0.2) is 11.3 Å². The van der Waals surface area contributed by atoms with Crippen LogP contribution in [0.4, 0.5) is 5.69 Å². The number of fused-ring (bicyclic) bond motifs is 4. The lowest BCUT2D eigenvalue weighted by Crippen LogP contribution is -2.49. The van der Waals surface area contributed by atoms with Gasteiger partial charge in [0.1, 0.15) is 18.0 Å². The third-order valence-corrected chi connectivity index (χ3v) is 9.47. The first-order valence-corrected chi connectivity index (χ1v) is 15.4. The smallest absolute Gasteiger partial charge is 0.336 e. The monoisotopic (exact) mass is 589 g/mol. The fraction of sp³-hybridized carbons (Fsp3) is 0.342. The highest BCUT2D eigenvalue weighted by Crippen LogP contribution is 2.46. The van der Waals surface area contributed by atoms with Crippen LogP contribution in [-0.4, -0.2) is 41.0 Å². The Morgan fingerprint density at radius 2 is 1.57 bits per heavy atom. The predicted octanol–water partition coefficient (Wildman–Crippen LogP) is 6.67. The zero-order valence-corrected chi connectivity index (χ0v) is 27.2. The number of hydrogen-bond acceptors (Lipinski definition) is 4. The normalized spacial score (nSPS) is 17.4. The minimum atomic E-state index is -1.04. The van der Waals surface area contributed by atoms with Gasteiger partial charge in [0.05, 0.1) is 17.2 Å². The third-order valence-electron chi connectivity index (χ3n) is 9.47. The van der Waals surface area contributed by atoms with Crippen LogP contribution >= 0.6 is 0 Å². The fourth-order valence-corrected chi connectivity index (χ4v) is 7.63. The van der Waals surface area contributed by atoms with Gasteiger partial charge < -0.3 is 14.7 Å². The van der Waals surface area contributed by atoms with E-state index in [0.29, 0.717) is 22.6 Å². The summed E-state index contributed by atoms with van der Waals surface area (Å²) < 4.78 is 9.18. The second kappa shape index (κ2) is 10.0. The number of benzene rings is 3. The van der Waals surface area contributed by atoms with Crippen molar-refractivity contribution in [1.29, 1.82) is 0 Å². The molecule has 0 spiro atoms. The second-order valence-corrected chi connectivity index (χ2v) is 13.3. The van der Waals surface area contributed by atoms with Crippen molar-refractivity contribution in [2.24, 2.45) is 0 Å². The van der Waals surface area contributed by atoms with Gasteiger partial charge in [0.2, 0.25) is 5.36 Å². The molecule has 0 fully saturated rings. The Morgan fingerprint density at radius 1 is 0.864 bits per heavy atom. The van der Waals surface area contributed by atoms with E-state index in [1.54, 1.807) is 18.2 Å². The van der Waals surface area contributed by atoms with Gasteiger partial charge in [-0.1, -0.05) is 12.1 Å². The maximum Gasteiger partial charge on any atom is 0.336 e. The average Bonchev–Trinajstić information content (AvgIpc) is 2.93. The SMILES string of the molecule is CCN1c2cc3c(cc2C(C)=CC1(C)C)C(c1cc(C(C)=O)ccc1C(=O)O)=c1cc2c(cc1O3)=[N+](CC)C(C)(C)C=C2C. The van der Waals surface area contributed by atoms with Gasteiger partial charge in [-0.05, 0) is 95.5 Å². The van der Waals surface area contributed by atoms with Crippen molar-refractivity contribution in [3.63, 3.8) is 0 Å². The molecule has 3 aromatic carbocycles. The first-order valence-electron chi connectivity index (χ1n) is 15.4. The number of carboxylic acid groups (broad SMARTS) is 1. The van der Waals surface area contributed by atoms with Crippen LogP contribution in [0.5, 0.6) is 11.5 Å². The Labute approximate surface area is 259 Å². The van der Waals surface area contributed by atoms with Crippen molar-refractivity contribution < 1.29 is 19.4 Å². The van der Waals surface area contributed by atoms with Crippen LogP contribution in [0.1, 0.15) is 105 Å². The molecule has 1 N–H and O–H groups in total. The number of ether oxygens (including phenoxy) is 1. The molecule has 226 valence electrons. The molecule has 0 amide bonds. The largest absolute Gasteiger partial charge is 0.478 e. The van der Waals surface area contributed by atoms with Crippen LogP contribution in [-0.2, 0) is 0 Å². The highest BCUT2D eigenvalue weighted by molar-refractivity contribution is 6.03. The highest BCUT2D eigenvalue weighted by atomic mass is 16.5. The molecule has 6 heteroatoms. The number of allylic oxidation sites excluding steroid dienone is 2. The molecule has 0 aromatic heterocycles. The number of likely N-dealkylation sites (N-methyl/N-ethyl adjacent to an activating group) is 2. The molecule has 0 saturated carbocycles. The van der Waals surface area contributed by atoms with E-state index in [1.165, 1.54) is 6.92 Å². The van der Waals surface area contributed by atoms with Gasteiger partial charge in [-0.2, -0.15) is 0 Å². The number of ketones is 1. The third kappa shape index (κ3) is 4.42. The standard InChI is InChI=1S/C38H40N2O4/c1-10-39-31-17-33-29(15-26(31)21(3)19-37(39,6)7)35(28-14-24(23(5)41)12-13-25(28)36(42)43)30-16-27-22(4)20-38(8,9)40(11-2)32(27)18-34(30)44-33/h12-20H,10-11H2,1-9H3/p+1. The summed E-state index contributed by atoms with van der Waals surface area (Å²) in [6.45, 7) is 20.6. The van der Waals surface area contributed by atoms with Crippen molar-refractivity contribution in [3.8, 4) is 11.5 Å². The van der Waals surface area contributed by atoms with Crippen molar-refractivity contribution in [3.05, 3.63) is 98.6 Å². The topological polar surface area (TPSA) is 69.9 Å². The minimum absolute atomic E-state index is 0.119. The molecule has 0 bridgehead atoms. The Morgan fingerprint density at radius 3 is 2.20 bits per heavy atom. The van der Waals surface area contributed by atoms with Crippen LogP contribution in [0.15, 0.2) is 54.6 Å². The maximum absolute atomic E-state index is 12.7. The van der Waals surface area contributed by atoms with Crippen molar-refractivity contribution >= 4 is 34.2 Å². The Hall–Kier alpha value is -4.45. The number of nitrogens with zero attached hydrogens (tertiary/aromatic N) is 2. The summed E-state index contributed by atoms with van der Waals surface area (Å²) in [6, 6.07) is 13.4. The summed E-state index contributed by atoms with van der Waals surface area (Å²) in [7, 11) is 0. The van der Waals surface area contributed by atoms with E-state index in [4.69, 9.17) is 4.74 Å². The quantitative estimate of drug-likeness (QED) is 0.208. The summed E-state index contributed by atoms with van der Waals surface area (Å²) in [4.78, 5) is 27.6. The van der Waals surface area contributed by atoms with Crippen LogP contribution in [0.25, 0.3) is 16.7 Å². The Bertz CT molecular complexity index is 1990. The molecule has 0 radical (unpaired) electrons. The van der Waals surface area contributed by atoms with E-state index in [9.17, 15) is 14.7 Å². The zero-order chi connectivity index (χ0) is 31.9. The van der Waals surface area contributed by atoms with Crippen LogP contribution in [0.2, 0.25) is 0 Å². The number of hydrogen-bond donors (Lipinski definition) is 1. The number of carbonyl (C=O) groups excluding carboxylic acids is 1. The van der Waals surface area contributed by atoms with Crippen molar-refractivity contribution in [2.45, 2.75) is 73.4 Å². The van der Waals surface area contributed by atoms with Crippen molar-refractivity contribution in [2.75, 3.05) is 18.0 Å². The summed E-state index contributed by atoms with van der Waals surface area (Å²) >= 11 is 0. The summed E-state index contributed by atoms with van der Waals surface area (Å²) in [5.41, 5.74) is 7.90. The van der Waals surface area contributed by atoms with Gasteiger partial charge in [-0.15, -0.1) is 0 Å². The van der Waals surface area contributed by atoms with E-state index in [1.807, 2.05) is 0 Å². The van der Waals surface area contributed by atoms with E-state index >= 15 is 0 Å². The molecule has 3 aliphatic heterocycles.